The van der Waals surface area contributed by atoms with E-state index in [1.54, 1.807) is 24.5 Å². The molecule has 1 amide bonds. The minimum absolute atomic E-state index is 0.0850. The third-order valence-corrected chi connectivity index (χ3v) is 1.49. The maximum absolute atomic E-state index is 11.1. The summed E-state index contributed by atoms with van der Waals surface area (Å²) in [6.07, 6.45) is 5.63. The second kappa shape index (κ2) is 5.19. The van der Waals surface area contributed by atoms with Crippen LogP contribution < -0.4 is 5.32 Å². The van der Waals surface area contributed by atoms with Crippen molar-refractivity contribution in [2.75, 3.05) is 6.54 Å². The lowest BCUT2D eigenvalue weighted by Gasteiger charge is -1.96. The summed E-state index contributed by atoms with van der Waals surface area (Å²) in [5.41, 5.74) is 0. The zero-order chi connectivity index (χ0) is 9.52. The SMILES string of the molecule is CCCNC(=O)C=Cc1ccco1. The number of hydrogen-bond acceptors (Lipinski definition) is 2. The molecule has 0 saturated carbocycles. The fourth-order valence-corrected chi connectivity index (χ4v) is 0.851. The van der Waals surface area contributed by atoms with Gasteiger partial charge in [-0.05, 0) is 24.6 Å². The van der Waals surface area contributed by atoms with Gasteiger partial charge in [0.05, 0.1) is 6.26 Å². The van der Waals surface area contributed by atoms with Gasteiger partial charge >= 0.3 is 0 Å². The van der Waals surface area contributed by atoms with E-state index in [1.807, 2.05) is 6.92 Å². The molecule has 0 atom stereocenters. The van der Waals surface area contributed by atoms with E-state index < -0.39 is 0 Å². The summed E-state index contributed by atoms with van der Waals surface area (Å²) < 4.78 is 5.02. The van der Waals surface area contributed by atoms with E-state index in [4.69, 9.17) is 4.42 Å². The van der Waals surface area contributed by atoms with E-state index >= 15 is 0 Å². The summed E-state index contributed by atoms with van der Waals surface area (Å²) in [6.45, 7) is 2.72. The maximum Gasteiger partial charge on any atom is 0.244 e. The quantitative estimate of drug-likeness (QED) is 0.716. The molecule has 0 aliphatic carbocycles. The van der Waals surface area contributed by atoms with Crippen molar-refractivity contribution < 1.29 is 9.21 Å². The van der Waals surface area contributed by atoms with Crippen LogP contribution in [0.25, 0.3) is 6.08 Å². The van der Waals surface area contributed by atoms with Gasteiger partial charge in [-0.15, -0.1) is 0 Å². The molecule has 0 aromatic carbocycles. The molecule has 0 saturated heterocycles. The van der Waals surface area contributed by atoms with Gasteiger partial charge in [-0.3, -0.25) is 4.79 Å². The van der Waals surface area contributed by atoms with Crippen LogP contribution in [0.1, 0.15) is 19.1 Å². The fourth-order valence-electron chi connectivity index (χ4n) is 0.851. The Labute approximate surface area is 77.4 Å². The normalized spacial score (nSPS) is 10.5. The number of carbonyl (C=O) groups excluding carboxylic acids is 1. The third-order valence-electron chi connectivity index (χ3n) is 1.49. The minimum Gasteiger partial charge on any atom is -0.465 e. The van der Waals surface area contributed by atoms with Crippen LogP contribution in [0.3, 0.4) is 0 Å². The molecule has 1 heterocycles. The van der Waals surface area contributed by atoms with Gasteiger partial charge in [-0.25, -0.2) is 0 Å². The summed E-state index contributed by atoms with van der Waals surface area (Å²) in [4.78, 5) is 11.1. The Hall–Kier alpha value is -1.51. The predicted molar refractivity (Wildman–Crippen MR) is 51.0 cm³/mol. The number of carbonyl (C=O) groups is 1. The van der Waals surface area contributed by atoms with Crippen molar-refractivity contribution in [3.63, 3.8) is 0 Å². The molecule has 0 spiro atoms. The number of hydrogen-bond donors (Lipinski definition) is 1. The van der Waals surface area contributed by atoms with Crippen molar-refractivity contribution in [2.45, 2.75) is 13.3 Å². The number of rotatable bonds is 4. The van der Waals surface area contributed by atoms with E-state index in [0.29, 0.717) is 12.3 Å². The Morgan fingerprint density at radius 1 is 1.69 bits per heavy atom. The maximum atomic E-state index is 11.1. The van der Waals surface area contributed by atoms with Crippen molar-refractivity contribution in [3.05, 3.63) is 30.2 Å². The molecule has 0 unspecified atom stereocenters. The van der Waals surface area contributed by atoms with Gasteiger partial charge in [0.2, 0.25) is 5.91 Å². The standard InChI is InChI=1S/C10H13NO2/c1-2-7-11-10(12)6-5-9-4-3-8-13-9/h3-6,8H,2,7H2,1H3,(H,11,12). The van der Waals surface area contributed by atoms with Gasteiger partial charge < -0.3 is 9.73 Å². The summed E-state index contributed by atoms with van der Waals surface area (Å²) in [5, 5.41) is 2.73. The predicted octanol–water partition coefficient (Wildman–Crippen LogP) is 1.82. The molecule has 70 valence electrons. The molecule has 1 rings (SSSR count). The first kappa shape index (κ1) is 9.58. The largest absolute Gasteiger partial charge is 0.465 e. The van der Waals surface area contributed by atoms with Gasteiger partial charge in [0.25, 0.3) is 0 Å². The molecule has 0 bridgehead atoms. The van der Waals surface area contributed by atoms with E-state index in [9.17, 15) is 4.79 Å². The molecular formula is C10H13NO2. The lowest BCUT2D eigenvalue weighted by atomic mass is 10.4. The number of amides is 1. The molecule has 3 nitrogen and oxygen atoms in total. The monoisotopic (exact) mass is 179 g/mol. The van der Waals surface area contributed by atoms with E-state index in [-0.39, 0.29) is 5.91 Å². The molecule has 0 aliphatic heterocycles. The highest BCUT2D eigenvalue weighted by Crippen LogP contribution is 2.01. The van der Waals surface area contributed by atoms with Crippen LogP contribution in [-0.2, 0) is 4.79 Å². The molecule has 1 N–H and O–H groups in total. The lowest BCUT2D eigenvalue weighted by Crippen LogP contribution is -2.21. The highest BCUT2D eigenvalue weighted by atomic mass is 16.3. The summed E-state index contributed by atoms with van der Waals surface area (Å²) in [6, 6.07) is 3.58. The van der Waals surface area contributed by atoms with Crippen LogP contribution >= 0.6 is 0 Å². The van der Waals surface area contributed by atoms with Crippen molar-refractivity contribution in [1.82, 2.24) is 5.32 Å². The average molecular weight is 179 g/mol. The molecule has 13 heavy (non-hydrogen) atoms. The zero-order valence-electron chi connectivity index (χ0n) is 7.62. The van der Waals surface area contributed by atoms with Crippen molar-refractivity contribution >= 4 is 12.0 Å². The Bertz CT molecular complexity index is 275. The van der Waals surface area contributed by atoms with Crippen molar-refractivity contribution in [1.29, 1.82) is 0 Å². The molecule has 1 aromatic heterocycles. The lowest BCUT2D eigenvalue weighted by molar-refractivity contribution is -0.116. The van der Waals surface area contributed by atoms with Gasteiger partial charge in [-0.2, -0.15) is 0 Å². The number of nitrogens with one attached hydrogen (secondary N) is 1. The van der Waals surface area contributed by atoms with Crippen LogP contribution in [0.4, 0.5) is 0 Å². The molecule has 3 heteroatoms. The average Bonchev–Trinajstić information content (AvgIpc) is 2.64. The fraction of sp³-hybridized carbons (Fsp3) is 0.300. The van der Waals surface area contributed by atoms with Gasteiger partial charge in [0.15, 0.2) is 0 Å². The topological polar surface area (TPSA) is 42.2 Å². The van der Waals surface area contributed by atoms with Gasteiger partial charge in [0, 0.05) is 12.6 Å². The van der Waals surface area contributed by atoms with Gasteiger partial charge in [0.1, 0.15) is 5.76 Å². The Morgan fingerprint density at radius 3 is 3.15 bits per heavy atom. The van der Waals surface area contributed by atoms with Crippen molar-refractivity contribution in [2.24, 2.45) is 0 Å². The first-order chi connectivity index (χ1) is 6.33. The second-order valence-corrected chi connectivity index (χ2v) is 2.64. The second-order valence-electron chi connectivity index (χ2n) is 2.64. The molecule has 1 aromatic rings. The molecule has 0 radical (unpaired) electrons. The van der Waals surface area contributed by atoms with Crippen LogP contribution in [0.15, 0.2) is 28.9 Å². The van der Waals surface area contributed by atoms with Crippen LogP contribution in [0.5, 0.6) is 0 Å². The first-order valence-electron chi connectivity index (χ1n) is 4.32. The Balaban J connectivity index is 2.35. The number of furan rings is 1. The van der Waals surface area contributed by atoms with E-state index in [1.165, 1.54) is 6.08 Å². The van der Waals surface area contributed by atoms with Crippen molar-refractivity contribution in [3.8, 4) is 0 Å². The van der Waals surface area contributed by atoms with E-state index in [0.717, 1.165) is 6.42 Å². The van der Waals surface area contributed by atoms with Crippen LogP contribution in [-0.4, -0.2) is 12.5 Å². The summed E-state index contributed by atoms with van der Waals surface area (Å²) >= 11 is 0. The van der Waals surface area contributed by atoms with Crippen LogP contribution in [0, 0.1) is 0 Å². The summed E-state index contributed by atoms with van der Waals surface area (Å²) in [5.74, 6) is 0.602. The first-order valence-corrected chi connectivity index (χ1v) is 4.32. The highest BCUT2D eigenvalue weighted by Gasteiger charge is 1.93. The zero-order valence-corrected chi connectivity index (χ0v) is 7.62. The Morgan fingerprint density at radius 2 is 2.54 bits per heavy atom. The van der Waals surface area contributed by atoms with E-state index in [2.05, 4.69) is 5.32 Å². The highest BCUT2D eigenvalue weighted by molar-refractivity contribution is 5.91. The Kier molecular flexibility index (Phi) is 3.82. The molecule has 0 fully saturated rings. The minimum atomic E-state index is -0.0850. The van der Waals surface area contributed by atoms with Crippen LogP contribution in [0.2, 0.25) is 0 Å². The molecule has 0 aliphatic rings. The summed E-state index contributed by atoms with van der Waals surface area (Å²) in [7, 11) is 0. The molecular weight excluding hydrogens is 166 g/mol. The van der Waals surface area contributed by atoms with Gasteiger partial charge in [-0.1, -0.05) is 6.92 Å². The third kappa shape index (κ3) is 3.60. The smallest absolute Gasteiger partial charge is 0.244 e.